The molecule has 0 radical (unpaired) electrons. The molecule has 2 aliphatic rings. The van der Waals surface area contributed by atoms with Gasteiger partial charge in [0.1, 0.15) is 18.2 Å². The Labute approximate surface area is 165 Å². The van der Waals surface area contributed by atoms with Crippen LogP contribution >= 0.6 is 0 Å². The molecule has 2 aromatic rings. The third-order valence-corrected chi connectivity index (χ3v) is 5.92. The summed E-state index contributed by atoms with van der Waals surface area (Å²) in [5.41, 5.74) is 2.74. The highest BCUT2D eigenvalue weighted by Crippen LogP contribution is 2.32. The van der Waals surface area contributed by atoms with Gasteiger partial charge in [-0.25, -0.2) is 4.39 Å². The van der Waals surface area contributed by atoms with Crippen LogP contribution in [-0.2, 0) is 11.3 Å². The van der Waals surface area contributed by atoms with Crippen LogP contribution in [0.1, 0.15) is 25.3 Å². The number of fused-ring (bicyclic) bond motifs is 1. The predicted molar refractivity (Wildman–Crippen MR) is 108 cm³/mol. The van der Waals surface area contributed by atoms with E-state index in [4.69, 9.17) is 4.74 Å². The highest BCUT2D eigenvalue weighted by Gasteiger charge is 2.32. The molecule has 28 heavy (non-hydrogen) atoms. The number of nitrogens with zero attached hydrogens (tertiary/aromatic N) is 2. The number of hydrogen-bond donors (Lipinski definition) is 0. The normalized spacial score (nSPS) is 21.0. The van der Waals surface area contributed by atoms with Crippen molar-refractivity contribution in [2.24, 2.45) is 5.92 Å². The Bertz CT molecular complexity index is 861. The van der Waals surface area contributed by atoms with E-state index in [1.54, 1.807) is 6.07 Å². The van der Waals surface area contributed by atoms with Gasteiger partial charge in [-0.05, 0) is 75.3 Å². The van der Waals surface area contributed by atoms with E-state index >= 15 is 0 Å². The lowest BCUT2D eigenvalue weighted by Crippen LogP contribution is -2.45. The number of carbonyl (C=O) groups is 1. The van der Waals surface area contributed by atoms with Gasteiger partial charge in [0.2, 0.25) is 5.91 Å². The zero-order chi connectivity index (χ0) is 19.7. The molecule has 0 aromatic heterocycles. The Hall–Kier alpha value is -2.40. The summed E-state index contributed by atoms with van der Waals surface area (Å²) in [6.07, 6.45) is 1.82. The number of ether oxygens (including phenoxy) is 1. The third-order valence-electron chi connectivity index (χ3n) is 5.92. The summed E-state index contributed by atoms with van der Waals surface area (Å²) in [7, 11) is 2.10. The molecule has 0 saturated carbocycles. The zero-order valence-corrected chi connectivity index (χ0v) is 16.5. The molecule has 4 nitrogen and oxygen atoms in total. The molecule has 1 fully saturated rings. The summed E-state index contributed by atoms with van der Waals surface area (Å²) in [5, 5.41) is 0. The molecule has 1 atom stereocenters. The highest BCUT2D eigenvalue weighted by atomic mass is 19.1. The van der Waals surface area contributed by atoms with E-state index in [9.17, 15) is 9.18 Å². The Morgan fingerprint density at radius 2 is 1.86 bits per heavy atom. The first-order valence-corrected chi connectivity index (χ1v) is 10.0. The highest BCUT2D eigenvalue weighted by molar-refractivity contribution is 5.79. The standard InChI is InChI=1S/C23H27FN2O2/c1-16-15-28-22-7-6-19(18-4-3-5-21(24)13-18)12-20(22)14-26(16)23(27)17-8-10-25(2)11-9-17/h3-7,12-13,16-17H,8-11,14-15H2,1-2H3/t16-/m0/s1. The van der Waals surface area contributed by atoms with E-state index in [0.29, 0.717) is 13.2 Å². The van der Waals surface area contributed by atoms with E-state index < -0.39 is 0 Å². The summed E-state index contributed by atoms with van der Waals surface area (Å²) in [5.74, 6) is 0.877. The maximum absolute atomic E-state index is 13.6. The van der Waals surface area contributed by atoms with Crippen LogP contribution in [0.2, 0.25) is 0 Å². The molecule has 2 heterocycles. The predicted octanol–water partition coefficient (Wildman–Crippen LogP) is 3.94. The van der Waals surface area contributed by atoms with Crippen LogP contribution in [0.3, 0.4) is 0 Å². The fraction of sp³-hybridized carbons (Fsp3) is 0.435. The third kappa shape index (κ3) is 3.90. The second kappa shape index (κ2) is 7.92. The molecule has 0 unspecified atom stereocenters. The van der Waals surface area contributed by atoms with Crippen molar-refractivity contribution in [3.05, 3.63) is 53.8 Å². The van der Waals surface area contributed by atoms with Gasteiger partial charge >= 0.3 is 0 Å². The number of likely N-dealkylation sites (tertiary alicyclic amines) is 1. The molecule has 1 amide bonds. The SMILES string of the molecule is C[C@H]1COc2ccc(-c3cccc(F)c3)cc2CN1C(=O)C1CCN(C)CC1. The molecule has 0 spiro atoms. The summed E-state index contributed by atoms with van der Waals surface area (Å²) in [4.78, 5) is 17.5. The zero-order valence-electron chi connectivity index (χ0n) is 16.5. The van der Waals surface area contributed by atoms with Gasteiger partial charge in [-0.1, -0.05) is 18.2 Å². The average Bonchev–Trinajstić information content (AvgIpc) is 2.86. The van der Waals surface area contributed by atoms with E-state index in [1.807, 2.05) is 36.1 Å². The fourth-order valence-corrected chi connectivity index (χ4v) is 4.12. The van der Waals surface area contributed by atoms with Gasteiger partial charge in [-0.2, -0.15) is 0 Å². The van der Waals surface area contributed by atoms with Crippen molar-refractivity contribution < 1.29 is 13.9 Å². The average molecular weight is 382 g/mol. The monoisotopic (exact) mass is 382 g/mol. The molecule has 0 N–H and O–H groups in total. The minimum atomic E-state index is -0.253. The van der Waals surface area contributed by atoms with Crippen molar-refractivity contribution in [3.63, 3.8) is 0 Å². The molecular formula is C23H27FN2O2. The van der Waals surface area contributed by atoms with Crippen molar-refractivity contribution >= 4 is 5.91 Å². The lowest BCUT2D eigenvalue weighted by atomic mass is 9.94. The van der Waals surface area contributed by atoms with E-state index in [0.717, 1.165) is 48.4 Å². The molecule has 4 rings (SSSR count). The maximum atomic E-state index is 13.6. The van der Waals surface area contributed by atoms with Crippen molar-refractivity contribution in [2.75, 3.05) is 26.7 Å². The molecular weight excluding hydrogens is 355 g/mol. The van der Waals surface area contributed by atoms with Crippen LogP contribution in [0, 0.1) is 11.7 Å². The minimum Gasteiger partial charge on any atom is -0.491 e. The molecule has 148 valence electrons. The van der Waals surface area contributed by atoms with Crippen molar-refractivity contribution in [2.45, 2.75) is 32.4 Å². The first-order valence-electron chi connectivity index (χ1n) is 10.0. The van der Waals surface area contributed by atoms with Crippen molar-refractivity contribution in [1.29, 1.82) is 0 Å². The van der Waals surface area contributed by atoms with Crippen molar-refractivity contribution in [1.82, 2.24) is 9.80 Å². The molecule has 0 bridgehead atoms. The van der Waals surface area contributed by atoms with Gasteiger partial charge in [0.15, 0.2) is 0 Å². The van der Waals surface area contributed by atoms with Gasteiger partial charge in [-0.15, -0.1) is 0 Å². The van der Waals surface area contributed by atoms with Crippen molar-refractivity contribution in [3.8, 4) is 16.9 Å². The molecule has 0 aliphatic carbocycles. The number of benzene rings is 2. The molecule has 1 saturated heterocycles. The number of hydrogen-bond acceptors (Lipinski definition) is 3. The number of amides is 1. The van der Waals surface area contributed by atoms with Crippen LogP contribution < -0.4 is 4.74 Å². The number of piperidine rings is 1. The summed E-state index contributed by atoms with van der Waals surface area (Å²) in [6, 6.07) is 12.5. The second-order valence-electron chi connectivity index (χ2n) is 8.04. The van der Waals surface area contributed by atoms with E-state index in [2.05, 4.69) is 11.9 Å². The summed E-state index contributed by atoms with van der Waals surface area (Å²) >= 11 is 0. The topological polar surface area (TPSA) is 32.8 Å². The lowest BCUT2D eigenvalue weighted by molar-refractivity contribution is -0.140. The van der Waals surface area contributed by atoms with Crippen LogP contribution in [0.5, 0.6) is 5.75 Å². The Morgan fingerprint density at radius 3 is 2.61 bits per heavy atom. The second-order valence-corrected chi connectivity index (χ2v) is 8.04. The smallest absolute Gasteiger partial charge is 0.226 e. The fourth-order valence-electron chi connectivity index (χ4n) is 4.12. The quantitative estimate of drug-likeness (QED) is 0.789. The summed E-state index contributed by atoms with van der Waals surface area (Å²) < 4.78 is 19.6. The Balaban J connectivity index is 1.59. The first kappa shape index (κ1) is 18.9. The van der Waals surface area contributed by atoms with Gasteiger partial charge in [0, 0.05) is 18.0 Å². The molecule has 5 heteroatoms. The van der Waals surface area contributed by atoms with Crippen LogP contribution in [0.4, 0.5) is 4.39 Å². The van der Waals surface area contributed by atoms with Gasteiger partial charge in [0.25, 0.3) is 0 Å². The van der Waals surface area contributed by atoms with Crippen LogP contribution in [-0.4, -0.2) is 48.5 Å². The number of carbonyl (C=O) groups excluding carboxylic acids is 1. The Kier molecular flexibility index (Phi) is 5.36. The van der Waals surface area contributed by atoms with E-state index in [1.165, 1.54) is 12.1 Å². The van der Waals surface area contributed by atoms with Gasteiger partial charge < -0.3 is 14.5 Å². The lowest BCUT2D eigenvalue weighted by Gasteiger charge is -2.34. The molecule has 2 aliphatic heterocycles. The molecule has 2 aromatic carbocycles. The summed E-state index contributed by atoms with van der Waals surface area (Å²) in [6.45, 7) is 5.01. The van der Waals surface area contributed by atoms with E-state index in [-0.39, 0.29) is 23.7 Å². The number of rotatable bonds is 2. The largest absolute Gasteiger partial charge is 0.491 e. The Morgan fingerprint density at radius 1 is 1.11 bits per heavy atom. The van der Waals surface area contributed by atoms with Gasteiger partial charge in [-0.3, -0.25) is 4.79 Å². The maximum Gasteiger partial charge on any atom is 0.226 e. The minimum absolute atomic E-state index is 0.0252. The van der Waals surface area contributed by atoms with Crippen LogP contribution in [0.15, 0.2) is 42.5 Å². The number of halogens is 1. The van der Waals surface area contributed by atoms with Gasteiger partial charge in [0.05, 0.1) is 6.04 Å². The van der Waals surface area contributed by atoms with Crippen LogP contribution in [0.25, 0.3) is 11.1 Å². The first-order chi connectivity index (χ1) is 13.5.